The van der Waals surface area contributed by atoms with Crippen LogP contribution in [0.5, 0.6) is 5.75 Å². The van der Waals surface area contributed by atoms with Crippen LogP contribution in [0.1, 0.15) is 31.9 Å². The summed E-state index contributed by atoms with van der Waals surface area (Å²) in [4.78, 5) is 2.38. The zero-order chi connectivity index (χ0) is 13.1. The van der Waals surface area contributed by atoms with Crippen LogP contribution < -0.4 is 10.5 Å². The Morgan fingerprint density at radius 3 is 2.83 bits per heavy atom. The molecule has 4 nitrogen and oxygen atoms in total. The molecular formula is C14H22N2O2. The molecule has 0 fully saturated rings. The molecule has 1 aromatic rings. The number of nitrogens with zero attached hydrogens (tertiary/aromatic N) is 1. The van der Waals surface area contributed by atoms with Crippen molar-refractivity contribution in [1.82, 2.24) is 4.90 Å². The molecule has 0 amide bonds. The Hall–Kier alpha value is -1.26. The van der Waals surface area contributed by atoms with Crippen molar-refractivity contribution in [3.05, 3.63) is 23.3 Å². The topological polar surface area (TPSA) is 47.7 Å². The van der Waals surface area contributed by atoms with Gasteiger partial charge in [0, 0.05) is 29.4 Å². The van der Waals surface area contributed by atoms with Crippen molar-refractivity contribution in [2.24, 2.45) is 0 Å². The van der Waals surface area contributed by atoms with Gasteiger partial charge in [-0.05, 0) is 32.5 Å². The van der Waals surface area contributed by atoms with E-state index in [2.05, 4.69) is 25.7 Å². The maximum Gasteiger partial charge on any atom is 0.189 e. The lowest BCUT2D eigenvalue weighted by Gasteiger charge is -2.28. The summed E-state index contributed by atoms with van der Waals surface area (Å²) in [6.07, 6.45) is 0. The summed E-state index contributed by atoms with van der Waals surface area (Å²) in [6.45, 7) is 9.36. The highest BCUT2D eigenvalue weighted by Gasteiger charge is 2.18. The molecule has 0 aliphatic carbocycles. The van der Waals surface area contributed by atoms with Crippen LogP contribution in [0.3, 0.4) is 0 Å². The molecule has 1 aliphatic heterocycles. The SMILES string of the molecule is CCN(Cc1cc(N)cc2c1OCOC2)C(C)C. The summed E-state index contributed by atoms with van der Waals surface area (Å²) in [5.74, 6) is 0.953. The molecule has 1 aromatic carbocycles. The second kappa shape index (κ2) is 5.59. The number of ether oxygens (including phenoxy) is 2. The molecule has 1 heterocycles. The van der Waals surface area contributed by atoms with Crippen LogP contribution in [0.15, 0.2) is 12.1 Å². The largest absolute Gasteiger partial charge is 0.467 e. The smallest absolute Gasteiger partial charge is 0.189 e. The minimum absolute atomic E-state index is 0.331. The van der Waals surface area contributed by atoms with E-state index in [9.17, 15) is 0 Å². The number of fused-ring (bicyclic) bond motifs is 1. The van der Waals surface area contributed by atoms with Gasteiger partial charge in [-0.3, -0.25) is 4.90 Å². The molecule has 0 spiro atoms. The lowest BCUT2D eigenvalue weighted by atomic mass is 10.1. The lowest BCUT2D eigenvalue weighted by molar-refractivity contribution is -0.0175. The summed E-state index contributed by atoms with van der Waals surface area (Å²) in [5, 5.41) is 0. The van der Waals surface area contributed by atoms with Crippen molar-refractivity contribution < 1.29 is 9.47 Å². The molecule has 0 radical (unpaired) electrons. The zero-order valence-electron chi connectivity index (χ0n) is 11.4. The predicted octanol–water partition coefficient (Wildman–Crippen LogP) is 2.37. The van der Waals surface area contributed by atoms with Crippen molar-refractivity contribution in [1.29, 1.82) is 0 Å². The van der Waals surface area contributed by atoms with Crippen molar-refractivity contribution in [3.63, 3.8) is 0 Å². The van der Waals surface area contributed by atoms with Crippen LogP contribution in [0.2, 0.25) is 0 Å². The fraction of sp³-hybridized carbons (Fsp3) is 0.571. The van der Waals surface area contributed by atoms with E-state index in [1.165, 1.54) is 0 Å². The summed E-state index contributed by atoms with van der Waals surface area (Å²) < 4.78 is 10.9. The van der Waals surface area contributed by atoms with Crippen molar-refractivity contribution in [2.45, 2.75) is 40.0 Å². The Labute approximate surface area is 109 Å². The van der Waals surface area contributed by atoms with Crippen LogP contribution in [-0.4, -0.2) is 24.3 Å². The Kier molecular flexibility index (Phi) is 4.09. The number of nitrogens with two attached hydrogens (primary N) is 1. The Morgan fingerprint density at radius 2 is 2.17 bits per heavy atom. The van der Waals surface area contributed by atoms with Gasteiger partial charge in [0.1, 0.15) is 5.75 Å². The normalized spacial score (nSPS) is 14.7. The van der Waals surface area contributed by atoms with Crippen molar-refractivity contribution >= 4 is 5.69 Å². The van der Waals surface area contributed by atoms with E-state index in [1.807, 2.05) is 12.1 Å². The predicted molar refractivity (Wildman–Crippen MR) is 72.4 cm³/mol. The van der Waals surface area contributed by atoms with E-state index >= 15 is 0 Å². The summed E-state index contributed by atoms with van der Waals surface area (Å²) in [6, 6.07) is 4.45. The fourth-order valence-electron chi connectivity index (χ4n) is 2.32. The molecule has 18 heavy (non-hydrogen) atoms. The molecule has 1 aliphatic rings. The maximum absolute atomic E-state index is 5.95. The van der Waals surface area contributed by atoms with E-state index in [0.717, 1.165) is 35.7 Å². The fourth-order valence-corrected chi connectivity index (χ4v) is 2.32. The third kappa shape index (κ3) is 2.76. The average molecular weight is 250 g/mol. The molecular weight excluding hydrogens is 228 g/mol. The molecule has 0 saturated carbocycles. The molecule has 4 heteroatoms. The number of hydrogen-bond donors (Lipinski definition) is 1. The van der Waals surface area contributed by atoms with E-state index in [0.29, 0.717) is 19.4 Å². The van der Waals surface area contributed by atoms with E-state index in [1.54, 1.807) is 0 Å². The molecule has 100 valence electrons. The van der Waals surface area contributed by atoms with Crippen LogP contribution in [0, 0.1) is 0 Å². The monoisotopic (exact) mass is 250 g/mol. The number of anilines is 1. The van der Waals surface area contributed by atoms with E-state index in [4.69, 9.17) is 15.2 Å². The molecule has 0 aromatic heterocycles. The van der Waals surface area contributed by atoms with Crippen LogP contribution in [0.4, 0.5) is 5.69 Å². The summed E-state index contributed by atoms with van der Waals surface area (Å²) in [7, 11) is 0. The summed E-state index contributed by atoms with van der Waals surface area (Å²) >= 11 is 0. The minimum atomic E-state index is 0.331. The highest BCUT2D eigenvalue weighted by Crippen LogP contribution is 2.31. The molecule has 2 rings (SSSR count). The first kappa shape index (κ1) is 13.2. The van der Waals surface area contributed by atoms with Gasteiger partial charge >= 0.3 is 0 Å². The summed E-state index contributed by atoms with van der Waals surface area (Å²) in [5.41, 5.74) is 8.93. The first-order valence-corrected chi connectivity index (χ1v) is 6.47. The highest BCUT2D eigenvalue weighted by atomic mass is 16.7. The van der Waals surface area contributed by atoms with Gasteiger partial charge in [-0.15, -0.1) is 0 Å². The molecule has 2 N–H and O–H groups in total. The first-order valence-electron chi connectivity index (χ1n) is 6.47. The molecule has 0 unspecified atom stereocenters. The van der Waals surface area contributed by atoms with E-state index in [-0.39, 0.29) is 0 Å². The second-order valence-electron chi connectivity index (χ2n) is 4.94. The van der Waals surface area contributed by atoms with Gasteiger partial charge in [0.2, 0.25) is 0 Å². The van der Waals surface area contributed by atoms with Gasteiger partial charge in [-0.2, -0.15) is 0 Å². The zero-order valence-corrected chi connectivity index (χ0v) is 11.4. The number of rotatable bonds is 4. The highest BCUT2D eigenvalue weighted by molar-refractivity contribution is 5.53. The van der Waals surface area contributed by atoms with Gasteiger partial charge in [-0.25, -0.2) is 0 Å². The Bertz CT molecular complexity index is 419. The van der Waals surface area contributed by atoms with Gasteiger partial charge in [0.15, 0.2) is 6.79 Å². The van der Waals surface area contributed by atoms with Gasteiger partial charge < -0.3 is 15.2 Å². The Morgan fingerprint density at radius 1 is 1.39 bits per heavy atom. The van der Waals surface area contributed by atoms with Gasteiger partial charge in [0.05, 0.1) is 6.61 Å². The van der Waals surface area contributed by atoms with Crippen molar-refractivity contribution in [2.75, 3.05) is 19.1 Å². The van der Waals surface area contributed by atoms with Crippen LogP contribution in [-0.2, 0) is 17.9 Å². The maximum atomic E-state index is 5.95. The molecule has 0 atom stereocenters. The second-order valence-corrected chi connectivity index (χ2v) is 4.94. The number of hydrogen-bond acceptors (Lipinski definition) is 4. The lowest BCUT2D eigenvalue weighted by Crippen LogP contribution is -2.30. The van der Waals surface area contributed by atoms with E-state index < -0.39 is 0 Å². The molecule has 0 bridgehead atoms. The van der Waals surface area contributed by atoms with Crippen LogP contribution in [0.25, 0.3) is 0 Å². The van der Waals surface area contributed by atoms with Gasteiger partial charge in [0.25, 0.3) is 0 Å². The minimum Gasteiger partial charge on any atom is -0.467 e. The standard InChI is InChI=1S/C14H22N2O2/c1-4-16(10(2)3)7-11-5-13(15)6-12-8-17-9-18-14(11)12/h5-6,10H,4,7-9,15H2,1-3H3. The van der Waals surface area contributed by atoms with Gasteiger partial charge in [-0.1, -0.05) is 6.92 Å². The third-order valence-corrected chi connectivity index (χ3v) is 3.32. The van der Waals surface area contributed by atoms with Crippen molar-refractivity contribution in [3.8, 4) is 5.75 Å². The first-order chi connectivity index (χ1) is 8.61. The number of benzene rings is 1. The molecule has 0 saturated heterocycles. The Balaban J connectivity index is 2.29. The average Bonchev–Trinajstić information content (AvgIpc) is 2.35. The van der Waals surface area contributed by atoms with Crippen LogP contribution >= 0.6 is 0 Å². The number of nitrogen functional groups attached to an aromatic ring is 1. The third-order valence-electron chi connectivity index (χ3n) is 3.32. The quantitative estimate of drug-likeness (QED) is 0.833.